The average molecular weight is 206 g/mol. The quantitative estimate of drug-likeness (QED) is 0.774. The standard InChI is InChI=1S/C11H18N4/c1-3-9-10(12-4-2)13-7-14-11(9)15-8-5-6-8/h7-8H,3-6H2,1-2H3,(H2,12,13,14,15). The van der Waals surface area contributed by atoms with Gasteiger partial charge in [-0.2, -0.15) is 0 Å². The van der Waals surface area contributed by atoms with Crippen molar-refractivity contribution >= 4 is 11.6 Å². The van der Waals surface area contributed by atoms with Gasteiger partial charge >= 0.3 is 0 Å². The van der Waals surface area contributed by atoms with E-state index in [4.69, 9.17) is 0 Å². The Morgan fingerprint density at radius 2 is 2.00 bits per heavy atom. The number of nitrogens with one attached hydrogen (secondary N) is 2. The second-order valence-corrected chi connectivity index (χ2v) is 3.85. The molecule has 1 fully saturated rings. The molecule has 2 N–H and O–H groups in total. The number of aromatic nitrogens is 2. The first-order chi connectivity index (χ1) is 7.35. The smallest absolute Gasteiger partial charge is 0.134 e. The van der Waals surface area contributed by atoms with Gasteiger partial charge in [0.05, 0.1) is 0 Å². The Hall–Kier alpha value is -1.32. The first-order valence-electron chi connectivity index (χ1n) is 5.69. The van der Waals surface area contributed by atoms with Gasteiger partial charge < -0.3 is 10.6 Å². The van der Waals surface area contributed by atoms with Crippen LogP contribution in [0, 0.1) is 0 Å². The van der Waals surface area contributed by atoms with Gasteiger partial charge in [0, 0.05) is 18.2 Å². The molecule has 15 heavy (non-hydrogen) atoms. The largest absolute Gasteiger partial charge is 0.370 e. The van der Waals surface area contributed by atoms with E-state index in [1.807, 2.05) is 0 Å². The molecule has 4 heteroatoms. The zero-order chi connectivity index (χ0) is 10.7. The van der Waals surface area contributed by atoms with Gasteiger partial charge in [-0.05, 0) is 26.2 Å². The molecule has 1 saturated carbocycles. The molecule has 0 radical (unpaired) electrons. The summed E-state index contributed by atoms with van der Waals surface area (Å²) in [6.07, 6.45) is 5.12. The molecule has 1 aromatic heterocycles. The number of hydrogen-bond donors (Lipinski definition) is 2. The minimum absolute atomic E-state index is 0.639. The summed E-state index contributed by atoms with van der Waals surface area (Å²) < 4.78 is 0. The highest BCUT2D eigenvalue weighted by molar-refractivity contribution is 5.58. The maximum atomic E-state index is 4.31. The van der Waals surface area contributed by atoms with E-state index in [-0.39, 0.29) is 0 Å². The summed E-state index contributed by atoms with van der Waals surface area (Å²) in [6.45, 7) is 5.11. The van der Waals surface area contributed by atoms with Crippen LogP contribution in [0.5, 0.6) is 0 Å². The van der Waals surface area contributed by atoms with E-state index in [1.165, 1.54) is 18.4 Å². The molecular formula is C11H18N4. The van der Waals surface area contributed by atoms with Gasteiger partial charge in [-0.25, -0.2) is 9.97 Å². The van der Waals surface area contributed by atoms with Crippen LogP contribution in [0.2, 0.25) is 0 Å². The summed E-state index contributed by atoms with van der Waals surface area (Å²) in [7, 11) is 0. The van der Waals surface area contributed by atoms with Gasteiger partial charge in [0.2, 0.25) is 0 Å². The first-order valence-corrected chi connectivity index (χ1v) is 5.69. The Morgan fingerprint density at radius 1 is 1.27 bits per heavy atom. The topological polar surface area (TPSA) is 49.8 Å². The summed E-state index contributed by atoms with van der Waals surface area (Å²) >= 11 is 0. The zero-order valence-electron chi connectivity index (χ0n) is 9.38. The van der Waals surface area contributed by atoms with E-state index in [2.05, 4.69) is 34.4 Å². The number of hydrogen-bond acceptors (Lipinski definition) is 4. The fourth-order valence-corrected chi connectivity index (χ4v) is 1.61. The molecule has 1 aliphatic carbocycles. The number of nitrogens with zero attached hydrogens (tertiary/aromatic N) is 2. The molecule has 0 spiro atoms. The van der Waals surface area contributed by atoms with Crippen LogP contribution >= 0.6 is 0 Å². The molecular weight excluding hydrogens is 188 g/mol. The van der Waals surface area contributed by atoms with Crippen molar-refractivity contribution < 1.29 is 0 Å². The van der Waals surface area contributed by atoms with E-state index in [1.54, 1.807) is 6.33 Å². The predicted molar refractivity (Wildman–Crippen MR) is 62.2 cm³/mol. The van der Waals surface area contributed by atoms with Gasteiger partial charge in [0.15, 0.2) is 0 Å². The average Bonchev–Trinajstić information content (AvgIpc) is 3.03. The number of rotatable bonds is 5. The van der Waals surface area contributed by atoms with Crippen LogP contribution in [0.15, 0.2) is 6.33 Å². The lowest BCUT2D eigenvalue weighted by Gasteiger charge is -2.12. The van der Waals surface area contributed by atoms with Crippen molar-refractivity contribution in [1.29, 1.82) is 0 Å². The van der Waals surface area contributed by atoms with Gasteiger partial charge in [-0.3, -0.25) is 0 Å². The van der Waals surface area contributed by atoms with Crippen LogP contribution in [0.4, 0.5) is 11.6 Å². The molecule has 0 aromatic carbocycles. The summed E-state index contributed by atoms with van der Waals surface area (Å²) in [6, 6.07) is 0.639. The third kappa shape index (κ3) is 2.37. The molecule has 0 aliphatic heterocycles. The van der Waals surface area contributed by atoms with Gasteiger partial charge in [-0.15, -0.1) is 0 Å². The molecule has 1 aromatic rings. The van der Waals surface area contributed by atoms with E-state index in [0.717, 1.165) is 24.6 Å². The van der Waals surface area contributed by atoms with Gasteiger partial charge in [0.1, 0.15) is 18.0 Å². The molecule has 0 bridgehead atoms. The Kier molecular flexibility index (Phi) is 3.04. The maximum absolute atomic E-state index is 4.31. The second kappa shape index (κ2) is 4.47. The molecule has 0 amide bonds. The SMILES string of the molecule is CCNc1ncnc(NC2CC2)c1CC. The van der Waals surface area contributed by atoms with Gasteiger partial charge in [0.25, 0.3) is 0 Å². The van der Waals surface area contributed by atoms with Crippen LogP contribution in [-0.2, 0) is 6.42 Å². The minimum atomic E-state index is 0.639. The lowest BCUT2D eigenvalue weighted by molar-refractivity contribution is 0.999. The maximum Gasteiger partial charge on any atom is 0.134 e. The monoisotopic (exact) mass is 206 g/mol. The lowest BCUT2D eigenvalue weighted by atomic mass is 10.2. The Morgan fingerprint density at radius 3 is 2.60 bits per heavy atom. The Labute approximate surface area is 90.5 Å². The van der Waals surface area contributed by atoms with Crippen molar-refractivity contribution in [3.63, 3.8) is 0 Å². The fourth-order valence-electron chi connectivity index (χ4n) is 1.61. The van der Waals surface area contributed by atoms with E-state index < -0.39 is 0 Å². The van der Waals surface area contributed by atoms with E-state index in [0.29, 0.717) is 6.04 Å². The summed E-state index contributed by atoms with van der Waals surface area (Å²) in [5.74, 6) is 1.98. The predicted octanol–water partition coefficient (Wildman–Crippen LogP) is 2.05. The van der Waals surface area contributed by atoms with E-state index in [9.17, 15) is 0 Å². The van der Waals surface area contributed by atoms with Crippen molar-refractivity contribution in [3.8, 4) is 0 Å². The van der Waals surface area contributed by atoms with Crippen LogP contribution in [0.1, 0.15) is 32.3 Å². The first kappa shape index (κ1) is 10.2. The molecule has 1 aliphatic rings. The van der Waals surface area contributed by atoms with Crippen molar-refractivity contribution in [2.24, 2.45) is 0 Å². The van der Waals surface area contributed by atoms with Crippen molar-refractivity contribution in [2.45, 2.75) is 39.2 Å². The highest BCUT2D eigenvalue weighted by atomic mass is 15.1. The zero-order valence-corrected chi connectivity index (χ0v) is 9.38. The second-order valence-electron chi connectivity index (χ2n) is 3.85. The van der Waals surface area contributed by atoms with Crippen LogP contribution < -0.4 is 10.6 Å². The highest BCUT2D eigenvalue weighted by Crippen LogP contribution is 2.27. The van der Waals surface area contributed by atoms with Gasteiger partial charge in [-0.1, -0.05) is 6.92 Å². The summed E-state index contributed by atoms with van der Waals surface area (Å²) in [5.41, 5.74) is 1.20. The third-order valence-corrected chi connectivity index (χ3v) is 2.56. The molecule has 2 rings (SSSR count). The summed E-state index contributed by atoms with van der Waals surface area (Å²) in [5, 5.41) is 6.71. The molecule has 0 saturated heterocycles. The lowest BCUT2D eigenvalue weighted by Crippen LogP contribution is -2.10. The molecule has 4 nitrogen and oxygen atoms in total. The van der Waals surface area contributed by atoms with E-state index >= 15 is 0 Å². The van der Waals surface area contributed by atoms with Crippen molar-refractivity contribution in [3.05, 3.63) is 11.9 Å². The highest BCUT2D eigenvalue weighted by Gasteiger charge is 2.23. The van der Waals surface area contributed by atoms with Crippen LogP contribution in [0.3, 0.4) is 0 Å². The fraction of sp³-hybridized carbons (Fsp3) is 0.636. The Bertz CT molecular complexity index is 333. The Balaban J connectivity index is 2.22. The molecule has 0 unspecified atom stereocenters. The third-order valence-electron chi connectivity index (χ3n) is 2.56. The minimum Gasteiger partial charge on any atom is -0.370 e. The number of anilines is 2. The summed E-state index contributed by atoms with van der Waals surface area (Å²) in [4.78, 5) is 8.58. The van der Waals surface area contributed by atoms with Crippen molar-refractivity contribution in [1.82, 2.24) is 9.97 Å². The molecule has 1 heterocycles. The normalized spacial score (nSPS) is 15.1. The molecule has 0 atom stereocenters. The molecule has 82 valence electrons. The van der Waals surface area contributed by atoms with Crippen molar-refractivity contribution in [2.75, 3.05) is 17.2 Å². The van der Waals surface area contributed by atoms with Crippen LogP contribution in [-0.4, -0.2) is 22.6 Å². The van der Waals surface area contributed by atoms with Crippen LogP contribution in [0.25, 0.3) is 0 Å².